The summed E-state index contributed by atoms with van der Waals surface area (Å²) in [6.07, 6.45) is 7.07. The van der Waals surface area contributed by atoms with E-state index in [0.29, 0.717) is 5.82 Å². The third-order valence-corrected chi connectivity index (χ3v) is 4.97. The van der Waals surface area contributed by atoms with Gasteiger partial charge in [0.1, 0.15) is 11.2 Å². The molecule has 0 bridgehead atoms. The van der Waals surface area contributed by atoms with Crippen molar-refractivity contribution in [1.82, 2.24) is 24.7 Å². The molecule has 25 heavy (non-hydrogen) atoms. The van der Waals surface area contributed by atoms with E-state index in [1.54, 1.807) is 34.6 Å². The molecule has 0 aromatic carbocycles. The number of rotatable bonds is 4. The lowest BCUT2D eigenvalue weighted by Crippen LogP contribution is -2.32. The second-order valence-corrected chi connectivity index (χ2v) is 6.68. The Balaban J connectivity index is 1.99. The molecule has 4 rings (SSSR count). The molecule has 0 spiro atoms. The number of hydrogen-bond donors (Lipinski definition) is 2. The van der Waals surface area contributed by atoms with Crippen LogP contribution in [0.1, 0.15) is 18.7 Å². The van der Waals surface area contributed by atoms with Crippen LogP contribution in [-0.4, -0.2) is 30.8 Å². The Kier molecular flexibility index (Phi) is 4.00. The van der Waals surface area contributed by atoms with Crippen LogP contribution in [0.25, 0.3) is 27.3 Å². The van der Waals surface area contributed by atoms with Crippen LogP contribution in [0, 0.1) is 0 Å². The van der Waals surface area contributed by atoms with E-state index in [-0.39, 0.29) is 12.1 Å². The standard InChI is InChI=1S/C17H17N7S/c1-10(18)13(19)15-16-14(12(9-25-16)24-8-2-5-21-24)22-17(23-15)11-3-6-20-7-4-11/h2-10,13H,18-19H2,1H3. The Morgan fingerprint density at radius 3 is 2.60 bits per heavy atom. The molecule has 2 atom stereocenters. The number of fused-ring (bicyclic) bond motifs is 1. The molecule has 0 aliphatic carbocycles. The highest BCUT2D eigenvalue weighted by molar-refractivity contribution is 7.17. The van der Waals surface area contributed by atoms with Gasteiger partial charge in [0.15, 0.2) is 5.82 Å². The first kappa shape index (κ1) is 15.8. The monoisotopic (exact) mass is 351 g/mol. The normalized spacial score (nSPS) is 13.9. The predicted molar refractivity (Wildman–Crippen MR) is 98.3 cm³/mol. The molecule has 4 aromatic heterocycles. The Morgan fingerprint density at radius 1 is 1.12 bits per heavy atom. The zero-order chi connectivity index (χ0) is 17.4. The number of thiophene rings is 1. The molecule has 0 saturated carbocycles. The summed E-state index contributed by atoms with van der Waals surface area (Å²) < 4.78 is 2.73. The predicted octanol–water partition coefficient (Wildman–Crippen LogP) is 2.29. The second-order valence-electron chi connectivity index (χ2n) is 5.80. The zero-order valence-corrected chi connectivity index (χ0v) is 14.4. The second kappa shape index (κ2) is 6.32. The van der Waals surface area contributed by atoms with Gasteiger partial charge >= 0.3 is 0 Å². The van der Waals surface area contributed by atoms with E-state index in [9.17, 15) is 0 Å². The molecule has 4 aromatic rings. The van der Waals surface area contributed by atoms with Crippen LogP contribution in [0.5, 0.6) is 0 Å². The highest BCUT2D eigenvalue weighted by atomic mass is 32.1. The Morgan fingerprint density at radius 2 is 1.92 bits per heavy atom. The minimum Gasteiger partial charge on any atom is -0.326 e. The molecule has 126 valence electrons. The van der Waals surface area contributed by atoms with Crippen molar-refractivity contribution in [2.45, 2.75) is 19.0 Å². The van der Waals surface area contributed by atoms with Gasteiger partial charge in [0.2, 0.25) is 0 Å². The fraction of sp³-hybridized carbons (Fsp3) is 0.176. The van der Waals surface area contributed by atoms with E-state index in [1.165, 1.54) is 0 Å². The quantitative estimate of drug-likeness (QED) is 0.584. The van der Waals surface area contributed by atoms with Gasteiger partial charge in [-0.1, -0.05) is 0 Å². The van der Waals surface area contributed by atoms with Crippen molar-refractivity contribution in [3.05, 3.63) is 54.1 Å². The van der Waals surface area contributed by atoms with Gasteiger partial charge in [-0.05, 0) is 25.1 Å². The van der Waals surface area contributed by atoms with E-state index < -0.39 is 0 Å². The maximum atomic E-state index is 6.34. The van der Waals surface area contributed by atoms with E-state index in [4.69, 9.17) is 21.4 Å². The number of nitrogens with two attached hydrogens (primary N) is 2. The van der Waals surface area contributed by atoms with Crippen molar-refractivity contribution in [2.24, 2.45) is 11.5 Å². The fourth-order valence-electron chi connectivity index (χ4n) is 2.61. The molecular weight excluding hydrogens is 334 g/mol. The summed E-state index contributed by atoms with van der Waals surface area (Å²) in [5, 5.41) is 6.33. The molecule has 0 saturated heterocycles. The van der Waals surface area contributed by atoms with Gasteiger partial charge in [-0.25, -0.2) is 14.6 Å². The summed E-state index contributed by atoms with van der Waals surface area (Å²) >= 11 is 1.55. The molecule has 0 fully saturated rings. The molecule has 0 amide bonds. The summed E-state index contributed by atoms with van der Waals surface area (Å²) in [7, 11) is 0. The first-order chi connectivity index (χ1) is 12.1. The largest absolute Gasteiger partial charge is 0.326 e. The smallest absolute Gasteiger partial charge is 0.160 e. The lowest BCUT2D eigenvalue weighted by atomic mass is 10.1. The number of pyridine rings is 1. The van der Waals surface area contributed by atoms with Crippen molar-refractivity contribution in [2.75, 3.05) is 0 Å². The summed E-state index contributed by atoms with van der Waals surface area (Å²) in [6, 6.07) is 5.03. The van der Waals surface area contributed by atoms with E-state index in [0.717, 1.165) is 27.2 Å². The van der Waals surface area contributed by atoms with Gasteiger partial charge < -0.3 is 11.5 Å². The Bertz CT molecular complexity index is 993. The van der Waals surface area contributed by atoms with E-state index >= 15 is 0 Å². The molecule has 2 unspecified atom stereocenters. The molecule has 8 heteroatoms. The SMILES string of the molecule is CC(N)C(N)c1nc(-c2ccncc2)nc2c(-n3cccn3)csc12. The van der Waals surface area contributed by atoms with E-state index in [2.05, 4.69) is 10.1 Å². The molecule has 4 heterocycles. The zero-order valence-electron chi connectivity index (χ0n) is 13.6. The molecule has 4 N–H and O–H groups in total. The lowest BCUT2D eigenvalue weighted by Gasteiger charge is -2.16. The van der Waals surface area contributed by atoms with E-state index in [1.807, 2.05) is 36.7 Å². The summed E-state index contributed by atoms with van der Waals surface area (Å²) in [5.41, 5.74) is 15.7. The van der Waals surface area contributed by atoms with Crippen LogP contribution in [0.2, 0.25) is 0 Å². The van der Waals surface area contributed by atoms with Crippen LogP contribution in [0.15, 0.2) is 48.4 Å². The molecule has 0 aliphatic heterocycles. The van der Waals surface area contributed by atoms with Gasteiger partial charge in [-0.3, -0.25) is 4.98 Å². The van der Waals surface area contributed by atoms with Crippen LogP contribution < -0.4 is 11.5 Å². The third kappa shape index (κ3) is 2.80. The highest BCUT2D eigenvalue weighted by Crippen LogP contribution is 2.33. The summed E-state index contributed by atoms with van der Waals surface area (Å²) in [5.74, 6) is 0.604. The minimum absolute atomic E-state index is 0.223. The van der Waals surface area contributed by atoms with Crippen LogP contribution in [-0.2, 0) is 0 Å². The molecular formula is C17H17N7S. The first-order valence-electron chi connectivity index (χ1n) is 7.86. The maximum absolute atomic E-state index is 6.34. The summed E-state index contributed by atoms with van der Waals surface area (Å²) in [4.78, 5) is 13.6. The van der Waals surface area contributed by atoms with Gasteiger partial charge in [-0.15, -0.1) is 11.3 Å². The average molecular weight is 351 g/mol. The fourth-order valence-corrected chi connectivity index (χ4v) is 3.62. The Hall–Kier alpha value is -2.68. The van der Waals surface area contributed by atoms with Crippen molar-refractivity contribution in [3.63, 3.8) is 0 Å². The molecule has 0 aliphatic rings. The highest BCUT2D eigenvalue weighted by Gasteiger charge is 2.22. The van der Waals surface area contributed by atoms with Crippen LogP contribution in [0.3, 0.4) is 0 Å². The topological polar surface area (TPSA) is 109 Å². The van der Waals surface area contributed by atoms with Gasteiger partial charge in [-0.2, -0.15) is 5.10 Å². The number of aromatic nitrogens is 5. The average Bonchev–Trinajstić information content (AvgIpc) is 3.30. The summed E-state index contributed by atoms with van der Waals surface area (Å²) in [6.45, 7) is 1.88. The van der Waals surface area contributed by atoms with Crippen LogP contribution in [0.4, 0.5) is 0 Å². The van der Waals surface area contributed by atoms with Gasteiger partial charge in [0.25, 0.3) is 0 Å². The van der Waals surface area contributed by atoms with Gasteiger partial charge in [0, 0.05) is 41.8 Å². The molecule has 7 nitrogen and oxygen atoms in total. The van der Waals surface area contributed by atoms with Crippen molar-refractivity contribution in [3.8, 4) is 17.1 Å². The lowest BCUT2D eigenvalue weighted by molar-refractivity contribution is 0.579. The first-order valence-corrected chi connectivity index (χ1v) is 8.74. The van der Waals surface area contributed by atoms with Crippen molar-refractivity contribution >= 4 is 21.6 Å². The number of nitrogens with zero attached hydrogens (tertiary/aromatic N) is 5. The third-order valence-electron chi connectivity index (χ3n) is 3.99. The van der Waals surface area contributed by atoms with Crippen LogP contribution >= 0.6 is 11.3 Å². The van der Waals surface area contributed by atoms with Gasteiger partial charge in [0.05, 0.1) is 16.4 Å². The maximum Gasteiger partial charge on any atom is 0.160 e. The Labute approximate surface area is 148 Å². The van der Waals surface area contributed by atoms with Crippen molar-refractivity contribution < 1.29 is 0 Å². The minimum atomic E-state index is -0.379. The van der Waals surface area contributed by atoms with Crippen molar-refractivity contribution in [1.29, 1.82) is 0 Å². The number of hydrogen-bond acceptors (Lipinski definition) is 7. The molecule has 0 radical (unpaired) electrons.